The van der Waals surface area contributed by atoms with Gasteiger partial charge in [0.2, 0.25) is 0 Å². The maximum atomic E-state index is 8.93. The van der Waals surface area contributed by atoms with E-state index in [1.165, 1.54) is 0 Å². The minimum absolute atomic E-state index is 0.0883. The minimum atomic E-state index is -0.0883. The standard InChI is InChI=1S/C12H21N3O3/c1-17-8-3-6-15(7-9-18-2)12-5-4-11(10-16)13-14-12/h4-5,16H,3,6-10H2,1-2H3. The van der Waals surface area contributed by atoms with Crippen LogP contribution in [0.5, 0.6) is 0 Å². The summed E-state index contributed by atoms with van der Waals surface area (Å²) in [5, 5.41) is 17.0. The second-order valence-corrected chi connectivity index (χ2v) is 3.87. The van der Waals surface area contributed by atoms with Gasteiger partial charge in [0, 0.05) is 33.9 Å². The number of aliphatic hydroxyl groups is 1. The first kappa shape index (κ1) is 14.8. The molecule has 6 nitrogen and oxygen atoms in total. The number of rotatable bonds is 9. The van der Waals surface area contributed by atoms with Crippen LogP contribution in [0.3, 0.4) is 0 Å². The molecule has 0 spiro atoms. The monoisotopic (exact) mass is 255 g/mol. The first-order valence-electron chi connectivity index (χ1n) is 5.98. The summed E-state index contributed by atoms with van der Waals surface area (Å²) < 4.78 is 10.1. The van der Waals surface area contributed by atoms with E-state index in [2.05, 4.69) is 15.1 Å². The number of aromatic nitrogens is 2. The van der Waals surface area contributed by atoms with Crippen molar-refractivity contribution in [1.29, 1.82) is 0 Å². The van der Waals surface area contributed by atoms with Crippen LogP contribution in [0.1, 0.15) is 12.1 Å². The molecule has 1 aromatic rings. The summed E-state index contributed by atoms with van der Waals surface area (Å²) in [4.78, 5) is 2.09. The summed E-state index contributed by atoms with van der Waals surface area (Å²) in [6.45, 7) is 2.86. The molecule has 6 heteroatoms. The van der Waals surface area contributed by atoms with E-state index in [1.54, 1.807) is 20.3 Å². The third-order valence-corrected chi connectivity index (χ3v) is 2.53. The molecule has 0 bridgehead atoms. The van der Waals surface area contributed by atoms with Crippen LogP contribution in [0.15, 0.2) is 12.1 Å². The molecule has 1 rings (SSSR count). The highest BCUT2D eigenvalue weighted by molar-refractivity contribution is 5.37. The molecule has 1 aromatic heterocycles. The number of anilines is 1. The van der Waals surface area contributed by atoms with E-state index in [-0.39, 0.29) is 6.61 Å². The van der Waals surface area contributed by atoms with Gasteiger partial charge in [-0.2, -0.15) is 5.10 Å². The summed E-state index contributed by atoms with van der Waals surface area (Å²) in [6, 6.07) is 3.64. The van der Waals surface area contributed by atoms with Gasteiger partial charge in [0.05, 0.1) is 18.9 Å². The van der Waals surface area contributed by atoms with Crippen molar-refractivity contribution in [3.63, 3.8) is 0 Å². The zero-order valence-corrected chi connectivity index (χ0v) is 11.0. The van der Waals surface area contributed by atoms with Crippen LogP contribution in [0, 0.1) is 0 Å². The molecule has 0 aliphatic carbocycles. The van der Waals surface area contributed by atoms with Crippen molar-refractivity contribution in [3.05, 3.63) is 17.8 Å². The van der Waals surface area contributed by atoms with Crippen LogP contribution < -0.4 is 4.90 Å². The molecule has 0 fully saturated rings. The number of methoxy groups -OCH3 is 2. The average molecular weight is 255 g/mol. The van der Waals surface area contributed by atoms with Gasteiger partial charge in [-0.3, -0.25) is 0 Å². The smallest absolute Gasteiger partial charge is 0.151 e. The lowest BCUT2D eigenvalue weighted by molar-refractivity contribution is 0.191. The van der Waals surface area contributed by atoms with Gasteiger partial charge in [-0.25, -0.2) is 0 Å². The normalized spacial score (nSPS) is 10.6. The van der Waals surface area contributed by atoms with Crippen molar-refractivity contribution < 1.29 is 14.6 Å². The predicted molar refractivity (Wildman–Crippen MR) is 68.5 cm³/mol. The Hall–Kier alpha value is -1.24. The summed E-state index contributed by atoms with van der Waals surface area (Å²) in [6.07, 6.45) is 0.920. The van der Waals surface area contributed by atoms with Crippen molar-refractivity contribution in [2.75, 3.05) is 45.4 Å². The maximum absolute atomic E-state index is 8.93. The maximum Gasteiger partial charge on any atom is 0.151 e. The van der Waals surface area contributed by atoms with Gasteiger partial charge in [0.15, 0.2) is 5.82 Å². The fourth-order valence-corrected chi connectivity index (χ4v) is 1.55. The number of ether oxygens (including phenoxy) is 2. The largest absolute Gasteiger partial charge is 0.390 e. The van der Waals surface area contributed by atoms with Crippen molar-refractivity contribution in [3.8, 4) is 0 Å². The Balaban J connectivity index is 2.60. The van der Waals surface area contributed by atoms with Crippen LogP contribution >= 0.6 is 0 Å². The zero-order valence-electron chi connectivity index (χ0n) is 11.0. The van der Waals surface area contributed by atoms with Gasteiger partial charge in [0.25, 0.3) is 0 Å². The molecule has 0 atom stereocenters. The van der Waals surface area contributed by atoms with Crippen LogP contribution in [0.25, 0.3) is 0 Å². The highest BCUT2D eigenvalue weighted by Crippen LogP contribution is 2.10. The average Bonchev–Trinajstić information content (AvgIpc) is 2.43. The van der Waals surface area contributed by atoms with E-state index in [1.807, 2.05) is 6.07 Å². The van der Waals surface area contributed by atoms with Crippen LogP contribution in [0.4, 0.5) is 5.82 Å². The first-order valence-corrected chi connectivity index (χ1v) is 5.98. The lowest BCUT2D eigenvalue weighted by atomic mass is 10.3. The third-order valence-electron chi connectivity index (χ3n) is 2.53. The molecule has 0 radical (unpaired) electrons. The van der Waals surface area contributed by atoms with Gasteiger partial charge in [-0.1, -0.05) is 0 Å². The van der Waals surface area contributed by atoms with Crippen LogP contribution in [-0.2, 0) is 16.1 Å². The van der Waals surface area contributed by atoms with Gasteiger partial charge in [-0.15, -0.1) is 5.10 Å². The van der Waals surface area contributed by atoms with Gasteiger partial charge in [-0.05, 0) is 18.6 Å². The first-order chi connectivity index (χ1) is 8.81. The molecular formula is C12H21N3O3. The summed E-state index contributed by atoms with van der Waals surface area (Å²) in [5.74, 6) is 0.792. The van der Waals surface area contributed by atoms with Crippen molar-refractivity contribution in [2.45, 2.75) is 13.0 Å². The molecule has 0 saturated carbocycles. The Morgan fingerprint density at radius 3 is 2.44 bits per heavy atom. The van der Waals surface area contributed by atoms with E-state index in [0.717, 1.165) is 25.3 Å². The predicted octanol–water partition coefficient (Wildman–Crippen LogP) is 0.458. The molecule has 0 aliphatic heterocycles. The van der Waals surface area contributed by atoms with E-state index < -0.39 is 0 Å². The molecule has 102 valence electrons. The Morgan fingerprint density at radius 1 is 1.11 bits per heavy atom. The fourth-order valence-electron chi connectivity index (χ4n) is 1.55. The highest BCUT2D eigenvalue weighted by atomic mass is 16.5. The van der Waals surface area contributed by atoms with E-state index in [0.29, 0.717) is 18.9 Å². The molecular weight excluding hydrogens is 234 g/mol. The van der Waals surface area contributed by atoms with Crippen LogP contribution in [-0.4, -0.2) is 55.8 Å². The highest BCUT2D eigenvalue weighted by Gasteiger charge is 2.08. The summed E-state index contributed by atoms with van der Waals surface area (Å²) >= 11 is 0. The molecule has 1 heterocycles. The molecule has 0 aliphatic rings. The lowest BCUT2D eigenvalue weighted by Crippen LogP contribution is -2.30. The molecule has 1 N–H and O–H groups in total. The Morgan fingerprint density at radius 2 is 1.89 bits per heavy atom. The number of hydrogen-bond donors (Lipinski definition) is 1. The lowest BCUT2D eigenvalue weighted by Gasteiger charge is -2.22. The summed E-state index contributed by atoms with van der Waals surface area (Å²) in [5.41, 5.74) is 0.572. The number of nitrogens with zero attached hydrogens (tertiary/aromatic N) is 3. The molecule has 0 aromatic carbocycles. The Bertz CT molecular complexity index is 319. The molecule has 0 saturated heterocycles. The fraction of sp³-hybridized carbons (Fsp3) is 0.667. The SMILES string of the molecule is COCCCN(CCOC)c1ccc(CO)nn1. The Kier molecular flexibility index (Phi) is 7.24. The molecule has 0 amide bonds. The van der Waals surface area contributed by atoms with Crippen molar-refractivity contribution >= 4 is 5.82 Å². The van der Waals surface area contributed by atoms with Gasteiger partial charge in [0.1, 0.15) is 0 Å². The van der Waals surface area contributed by atoms with E-state index >= 15 is 0 Å². The minimum Gasteiger partial charge on any atom is -0.390 e. The molecule has 0 unspecified atom stereocenters. The quantitative estimate of drug-likeness (QED) is 0.647. The summed E-state index contributed by atoms with van der Waals surface area (Å²) in [7, 11) is 3.36. The van der Waals surface area contributed by atoms with Crippen molar-refractivity contribution in [2.24, 2.45) is 0 Å². The van der Waals surface area contributed by atoms with E-state index in [4.69, 9.17) is 14.6 Å². The third kappa shape index (κ3) is 4.95. The van der Waals surface area contributed by atoms with E-state index in [9.17, 15) is 0 Å². The topological polar surface area (TPSA) is 67.7 Å². The van der Waals surface area contributed by atoms with Gasteiger partial charge < -0.3 is 19.5 Å². The molecule has 18 heavy (non-hydrogen) atoms. The number of aliphatic hydroxyl groups excluding tert-OH is 1. The van der Waals surface area contributed by atoms with Crippen LogP contribution in [0.2, 0.25) is 0 Å². The van der Waals surface area contributed by atoms with Gasteiger partial charge >= 0.3 is 0 Å². The van der Waals surface area contributed by atoms with Crippen molar-refractivity contribution in [1.82, 2.24) is 10.2 Å². The number of hydrogen-bond acceptors (Lipinski definition) is 6. The Labute approximate surface area is 108 Å². The zero-order chi connectivity index (χ0) is 13.2. The second-order valence-electron chi connectivity index (χ2n) is 3.87. The second kappa shape index (κ2) is 8.79.